The maximum atomic E-state index is 11.5. The number of benzene rings is 1. The standard InChI is InChI=1S/C12H17NO3.C2H6/c1-8(2)12(14)13-10-6-5-9(15-3)7-11(10)16-4;1-2/h5-8H,1-4H3,(H,13,14);1-2H3. The molecule has 0 radical (unpaired) electrons. The van der Waals surface area contributed by atoms with Gasteiger partial charge in [-0.15, -0.1) is 0 Å². The topological polar surface area (TPSA) is 47.6 Å². The molecule has 1 amide bonds. The molecule has 0 saturated carbocycles. The lowest BCUT2D eigenvalue weighted by Crippen LogP contribution is -2.18. The van der Waals surface area contributed by atoms with Crippen LogP contribution in [0, 0.1) is 5.92 Å². The zero-order valence-corrected chi connectivity index (χ0v) is 12.0. The number of hydrogen-bond donors (Lipinski definition) is 1. The number of hydrogen-bond acceptors (Lipinski definition) is 3. The SMILES string of the molecule is CC.COc1ccc(NC(=O)C(C)C)c(OC)c1. The summed E-state index contributed by atoms with van der Waals surface area (Å²) in [6.07, 6.45) is 0. The monoisotopic (exact) mass is 253 g/mol. The third-order valence-electron chi connectivity index (χ3n) is 2.19. The average molecular weight is 253 g/mol. The van der Waals surface area contributed by atoms with Crippen molar-refractivity contribution in [3.8, 4) is 11.5 Å². The molecule has 0 saturated heterocycles. The second-order valence-electron chi connectivity index (χ2n) is 3.71. The van der Waals surface area contributed by atoms with E-state index in [1.165, 1.54) is 0 Å². The first-order valence-electron chi connectivity index (χ1n) is 6.11. The van der Waals surface area contributed by atoms with Crippen molar-refractivity contribution in [1.29, 1.82) is 0 Å². The minimum atomic E-state index is -0.0631. The van der Waals surface area contributed by atoms with Crippen LogP contribution in [0.5, 0.6) is 11.5 Å². The Balaban J connectivity index is 0.00000137. The molecule has 1 aromatic rings. The van der Waals surface area contributed by atoms with E-state index in [0.29, 0.717) is 17.2 Å². The smallest absolute Gasteiger partial charge is 0.227 e. The minimum Gasteiger partial charge on any atom is -0.497 e. The van der Waals surface area contributed by atoms with Crippen LogP contribution in [0.4, 0.5) is 5.69 Å². The summed E-state index contributed by atoms with van der Waals surface area (Å²) in [7, 11) is 3.14. The number of carbonyl (C=O) groups is 1. The van der Waals surface area contributed by atoms with Gasteiger partial charge in [-0.25, -0.2) is 0 Å². The van der Waals surface area contributed by atoms with Gasteiger partial charge >= 0.3 is 0 Å². The number of amides is 1. The lowest BCUT2D eigenvalue weighted by molar-refractivity contribution is -0.118. The van der Waals surface area contributed by atoms with E-state index in [1.54, 1.807) is 32.4 Å². The molecule has 0 unspecified atom stereocenters. The predicted molar refractivity (Wildman–Crippen MR) is 74.4 cm³/mol. The Bertz CT molecular complexity index is 375. The molecule has 18 heavy (non-hydrogen) atoms. The van der Waals surface area contributed by atoms with Crippen LogP contribution in [0.1, 0.15) is 27.7 Å². The van der Waals surface area contributed by atoms with Gasteiger partial charge in [0, 0.05) is 12.0 Å². The summed E-state index contributed by atoms with van der Waals surface area (Å²) < 4.78 is 10.2. The molecule has 0 aliphatic rings. The van der Waals surface area contributed by atoms with E-state index >= 15 is 0 Å². The second-order valence-corrected chi connectivity index (χ2v) is 3.71. The van der Waals surface area contributed by atoms with Gasteiger partial charge in [0.05, 0.1) is 19.9 Å². The quantitative estimate of drug-likeness (QED) is 0.895. The summed E-state index contributed by atoms with van der Waals surface area (Å²) in [5.41, 5.74) is 0.655. The van der Waals surface area contributed by atoms with Gasteiger partial charge in [0.2, 0.25) is 5.91 Å². The van der Waals surface area contributed by atoms with Crippen molar-refractivity contribution in [2.24, 2.45) is 5.92 Å². The molecule has 1 rings (SSSR count). The molecule has 0 aromatic heterocycles. The van der Waals surface area contributed by atoms with Crippen molar-refractivity contribution in [1.82, 2.24) is 0 Å². The predicted octanol–water partition coefficient (Wildman–Crippen LogP) is 3.32. The third kappa shape index (κ3) is 4.65. The summed E-state index contributed by atoms with van der Waals surface area (Å²) in [6, 6.07) is 5.27. The van der Waals surface area contributed by atoms with Crippen LogP contribution in [-0.4, -0.2) is 20.1 Å². The fraction of sp³-hybridized carbons (Fsp3) is 0.500. The Hall–Kier alpha value is -1.71. The number of anilines is 1. The van der Waals surface area contributed by atoms with E-state index in [2.05, 4.69) is 5.32 Å². The van der Waals surface area contributed by atoms with E-state index in [4.69, 9.17) is 9.47 Å². The molecule has 0 aliphatic heterocycles. The van der Waals surface area contributed by atoms with E-state index in [9.17, 15) is 4.79 Å². The maximum Gasteiger partial charge on any atom is 0.227 e. The van der Waals surface area contributed by atoms with Gasteiger partial charge in [-0.1, -0.05) is 27.7 Å². The highest BCUT2D eigenvalue weighted by molar-refractivity contribution is 5.93. The lowest BCUT2D eigenvalue weighted by Gasteiger charge is -2.12. The second kappa shape index (κ2) is 8.39. The van der Waals surface area contributed by atoms with Crippen LogP contribution in [0.15, 0.2) is 18.2 Å². The fourth-order valence-electron chi connectivity index (χ4n) is 1.18. The summed E-state index contributed by atoms with van der Waals surface area (Å²) in [5, 5.41) is 2.79. The van der Waals surface area contributed by atoms with E-state index < -0.39 is 0 Å². The summed E-state index contributed by atoms with van der Waals surface area (Å²) in [6.45, 7) is 7.68. The maximum absolute atomic E-state index is 11.5. The van der Waals surface area contributed by atoms with E-state index in [1.807, 2.05) is 27.7 Å². The Labute approximate surface area is 109 Å². The number of methoxy groups -OCH3 is 2. The minimum absolute atomic E-state index is 0.0385. The largest absolute Gasteiger partial charge is 0.497 e. The van der Waals surface area contributed by atoms with Crippen molar-refractivity contribution in [3.63, 3.8) is 0 Å². The van der Waals surface area contributed by atoms with E-state index in [-0.39, 0.29) is 11.8 Å². The Morgan fingerprint density at radius 2 is 1.78 bits per heavy atom. The normalized spacial score (nSPS) is 9.28. The first kappa shape index (κ1) is 16.3. The molecule has 1 aromatic carbocycles. The zero-order valence-electron chi connectivity index (χ0n) is 12.0. The number of nitrogens with one attached hydrogen (secondary N) is 1. The van der Waals surface area contributed by atoms with Crippen molar-refractivity contribution in [2.75, 3.05) is 19.5 Å². The van der Waals surface area contributed by atoms with Crippen LogP contribution < -0.4 is 14.8 Å². The fourth-order valence-corrected chi connectivity index (χ4v) is 1.18. The molecule has 0 spiro atoms. The number of rotatable bonds is 4. The molecule has 0 bridgehead atoms. The highest BCUT2D eigenvalue weighted by Gasteiger charge is 2.11. The Morgan fingerprint density at radius 1 is 1.17 bits per heavy atom. The van der Waals surface area contributed by atoms with Crippen molar-refractivity contribution < 1.29 is 14.3 Å². The van der Waals surface area contributed by atoms with Gasteiger partial charge < -0.3 is 14.8 Å². The van der Waals surface area contributed by atoms with Gasteiger partial charge in [0.1, 0.15) is 11.5 Å². The molecule has 0 heterocycles. The highest BCUT2D eigenvalue weighted by atomic mass is 16.5. The van der Waals surface area contributed by atoms with Crippen LogP contribution >= 0.6 is 0 Å². The third-order valence-corrected chi connectivity index (χ3v) is 2.19. The Kier molecular flexibility index (Phi) is 7.59. The van der Waals surface area contributed by atoms with Gasteiger partial charge in [0.15, 0.2) is 0 Å². The first-order valence-corrected chi connectivity index (χ1v) is 6.11. The van der Waals surface area contributed by atoms with Gasteiger partial charge in [-0.2, -0.15) is 0 Å². The highest BCUT2D eigenvalue weighted by Crippen LogP contribution is 2.29. The van der Waals surface area contributed by atoms with Crippen molar-refractivity contribution in [2.45, 2.75) is 27.7 Å². The molecule has 4 heteroatoms. The van der Waals surface area contributed by atoms with Crippen LogP contribution in [0.25, 0.3) is 0 Å². The molecule has 0 aliphatic carbocycles. The Morgan fingerprint density at radius 3 is 2.22 bits per heavy atom. The van der Waals surface area contributed by atoms with Crippen molar-refractivity contribution in [3.05, 3.63) is 18.2 Å². The van der Waals surface area contributed by atoms with Crippen molar-refractivity contribution >= 4 is 11.6 Å². The molecule has 4 nitrogen and oxygen atoms in total. The van der Waals surface area contributed by atoms with Gasteiger partial charge in [0.25, 0.3) is 0 Å². The molecule has 0 atom stereocenters. The first-order chi connectivity index (χ1) is 8.58. The number of ether oxygens (including phenoxy) is 2. The summed E-state index contributed by atoms with van der Waals surface area (Å²) in [5.74, 6) is 1.18. The summed E-state index contributed by atoms with van der Waals surface area (Å²) >= 11 is 0. The molecule has 1 N–H and O–H groups in total. The number of carbonyl (C=O) groups excluding carboxylic acids is 1. The van der Waals surface area contributed by atoms with Crippen LogP contribution in [0.3, 0.4) is 0 Å². The van der Waals surface area contributed by atoms with E-state index in [0.717, 1.165) is 0 Å². The molecule has 0 fully saturated rings. The molecular formula is C14H23NO3. The molecule has 102 valence electrons. The lowest BCUT2D eigenvalue weighted by atomic mass is 10.2. The van der Waals surface area contributed by atoms with Crippen LogP contribution in [0.2, 0.25) is 0 Å². The van der Waals surface area contributed by atoms with Crippen LogP contribution in [-0.2, 0) is 4.79 Å². The van der Waals surface area contributed by atoms with Gasteiger partial charge in [-0.3, -0.25) is 4.79 Å². The zero-order chi connectivity index (χ0) is 14.1. The van der Waals surface area contributed by atoms with Gasteiger partial charge in [-0.05, 0) is 12.1 Å². The summed E-state index contributed by atoms with van der Waals surface area (Å²) in [4.78, 5) is 11.5. The average Bonchev–Trinajstić information content (AvgIpc) is 2.41. The molecular weight excluding hydrogens is 230 g/mol.